The number of hydrogen-bond donors (Lipinski definition) is 0. The average Bonchev–Trinajstić information content (AvgIpc) is 2.63. The number of rotatable bonds is 5. The maximum atomic E-state index is 12.7. The monoisotopic (exact) mass is 369 g/mol. The van der Waals surface area contributed by atoms with Crippen LogP contribution in [0.2, 0.25) is 0 Å². The molecule has 0 radical (unpaired) electrons. The first-order chi connectivity index (χ1) is 12.5. The summed E-state index contributed by atoms with van der Waals surface area (Å²) in [6.07, 6.45) is 1.72. The molecule has 2 aromatic rings. The van der Waals surface area contributed by atoms with Gasteiger partial charge in [0.05, 0.1) is 16.8 Å². The Bertz CT molecular complexity index is 782. The SMILES string of the molecule is Cc1cccc(CN2CCN(C(=O)C(C)Sc3ccccn3)CC2=O)c1. The molecular formula is C20H23N3O2S. The van der Waals surface area contributed by atoms with E-state index in [9.17, 15) is 9.59 Å². The van der Waals surface area contributed by atoms with E-state index in [2.05, 4.69) is 11.1 Å². The quantitative estimate of drug-likeness (QED) is 0.761. The van der Waals surface area contributed by atoms with Gasteiger partial charge in [0.15, 0.2) is 0 Å². The molecule has 1 fully saturated rings. The minimum absolute atomic E-state index is 0.00106. The van der Waals surface area contributed by atoms with Crippen molar-refractivity contribution in [1.29, 1.82) is 0 Å². The summed E-state index contributed by atoms with van der Waals surface area (Å²) in [4.78, 5) is 32.9. The number of aromatic nitrogens is 1. The van der Waals surface area contributed by atoms with Crippen LogP contribution in [0.4, 0.5) is 0 Å². The second-order valence-electron chi connectivity index (χ2n) is 6.49. The highest BCUT2D eigenvalue weighted by atomic mass is 32.2. The number of carbonyl (C=O) groups excluding carboxylic acids is 2. The van der Waals surface area contributed by atoms with Crippen LogP contribution in [0.3, 0.4) is 0 Å². The van der Waals surface area contributed by atoms with Gasteiger partial charge in [-0.05, 0) is 31.5 Å². The van der Waals surface area contributed by atoms with Gasteiger partial charge in [-0.15, -0.1) is 0 Å². The van der Waals surface area contributed by atoms with Crippen molar-refractivity contribution in [2.24, 2.45) is 0 Å². The minimum Gasteiger partial charge on any atom is -0.335 e. The molecule has 6 heteroatoms. The second kappa shape index (κ2) is 8.36. The Labute approximate surface area is 158 Å². The van der Waals surface area contributed by atoms with E-state index in [-0.39, 0.29) is 23.6 Å². The molecule has 2 heterocycles. The zero-order valence-electron chi connectivity index (χ0n) is 15.1. The molecule has 1 aliphatic rings. The average molecular weight is 369 g/mol. The second-order valence-corrected chi connectivity index (χ2v) is 7.85. The van der Waals surface area contributed by atoms with Gasteiger partial charge in [0.1, 0.15) is 0 Å². The molecular weight excluding hydrogens is 346 g/mol. The van der Waals surface area contributed by atoms with E-state index < -0.39 is 0 Å². The number of aryl methyl sites for hydroxylation is 1. The van der Waals surface area contributed by atoms with Crippen LogP contribution in [-0.2, 0) is 16.1 Å². The van der Waals surface area contributed by atoms with Gasteiger partial charge >= 0.3 is 0 Å². The molecule has 136 valence electrons. The van der Waals surface area contributed by atoms with Crippen molar-refractivity contribution >= 4 is 23.6 Å². The molecule has 2 amide bonds. The zero-order valence-corrected chi connectivity index (χ0v) is 15.9. The predicted molar refractivity (Wildman–Crippen MR) is 103 cm³/mol. The maximum absolute atomic E-state index is 12.7. The Balaban J connectivity index is 1.56. The normalized spacial score (nSPS) is 15.8. The number of benzene rings is 1. The number of thioether (sulfide) groups is 1. The van der Waals surface area contributed by atoms with Crippen molar-refractivity contribution in [3.63, 3.8) is 0 Å². The first kappa shape index (κ1) is 18.5. The molecule has 0 N–H and O–H groups in total. The topological polar surface area (TPSA) is 53.5 Å². The Morgan fingerprint density at radius 3 is 2.77 bits per heavy atom. The van der Waals surface area contributed by atoms with E-state index in [4.69, 9.17) is 0 Å². The number of piperazine rings is 1. The largest absolute Gasteiger partial charge is 0.335 e. The molecule has 0 bridgehead atoms. The molecule has 5 nitrogen and oxygen atoms in total. The first-order valence-electron chi connectivity index (χ1n) is 8.73. The van der Waals surface area contributed by atoms with Gasteiger partial charge < -0.3 is 9.80 Å². The van der Waals surface area contributed by atoms with Crippen molar-refractivity contribution < 1.29 is 9.59 Å². The summed E-state index contributed by atoms with van der Waals surface area (Å²) in [5, 5.41) is 0.554. The summed E-state index contributed by atoms with van der Waals surface area (Å²) < 4.78 is 0. The molecule has 26 heavy (non-hydrogen) atoms. The summed E-state index contributed by atoms with van der Waals surface area (Å²) in [7, 11) is 0. The lowest BCUT2D eigenvalue weighted by Gasteiger charge is -2.35. The van der Waals surface area contributed by atoms with Crippen LogP contribution in [0.15, 0.2) is 53.7 Å². The molecule has 0 aliphatic carbocycles. The van der Waals surface area contributed by atoms with Crippen LogP contribution >= 0.6 is 11.8 Å². The van der Waals surface area contributed by atoms with Crippen LogP contribution in [-0.4, -0.2) is 51.5 Å². The highest BCUT2D eigenvalue weighted by molar-refractivity contribution is 8.00. The minimum atomic E-state index is -0.263. The van der Waals surface area contributed by atoms with Gasteiger partial charge in [-0.25, -0.2) is 4.98 Å². The lowest BCUT2D eigenvalue weighted by molar-refractivity contribution is -0.145. The summed E-state index contributed by atoms with van der Waals surface area (Å²) in [5.74, 6) is -0.00893. The summed E-state index contributed by atoms with van der Waals surface area (Å²) in [6, 6.07) is 13.8. The van der Waals surface area contributed by atoms with Crippen molar-refractivity contribution in [2.75, 3.05) is 19.6 Å². The molecule has 1 aromatic carbocycles. The Hall–Kier alpha value is -2.34. The lowest BCUT2D eigenvalue weighted by Crippen LogP contribution is -2.53. The molecule has 1 aromatic heterocycles. The summed E-state index contributed by atoms with van der Waals surface area (Å²) >= 11 is 1.42. The van der Waals surface area contributed by atoms with Crippen molar-refractivity contribution in [3.8, 4) is 0 Å². The first-order valence-corrected chi connectivity index (χ1v) is 9.60. The van der Waals surface area contributed by atoms with Crippen molar-refractivity contribution in [3.05, 3.63) is 59.8 Å². The third-order valence-electron chi connectivity index (χ3n) is 4.37. The molecule has 1 saturated heterocycles. The van der Waals surface area contributed by atoms with E-state index in [0.29, 0.717) is 19.6 Å². The Morgan fingerprint density at radius 2 is 2.08 bits per heavy atom. The van der Waals surface area contributed by atoms with Crippen LogP contribution in [0.5, 0.6) is 0 Å². The highest BCUT2D eigenvalue weighted by Gasteiger charge is 2.30. The molecule has 1 unspecified atom stereocenters. The third-order valence-corrected chi connectivity index (χ3v) is 5.41. The molecule has 1 atom stereocenters. The maximum Gasteiger partial charge on any atom is 0.242 e. The number of amides is 2. The van der Waals surface area contributed by atoms with Crippen molar-refractivity contribution in [1.82, 2.24) is 14.8 Å². The summed E-state index contributed by atoms with van der Waals surface area (Å²) in [6.45, 7) is 5.80. The summed E-state index contributed by atoms with van der Waals surface area (Å²) in [5.41, 5.74) is 2.31. The number of hydrogen-bond acceptors (Lipinski definition) is 4. The van der Waals surface area contributed by atoms with E-state index in [1.54, 1.807) is 11.1 Å². The highest BCUT2D eigenvalue weighted by Crippen LogP contribution is 2.23. The molecule has 3 rings (SSSR count). The van der Waals surface area contributed by atoms with Crippen LogP contribution in [0, 0.1) is 6.92 Å². The van der Waals surface area contributed by atoms with Gasteiger partial charge in [0, 0.05) is 25.8 Å². The predicted octanol–water partition coefficient (Wildman–Crippen LogP) is 2.74. The molecule has 0 saturated carbocycles. The Kier molecular flexibility index (Phi) is 5.93. The molecule has 1 aliphatic heterocycles. The van der Waals surface area contributed by atoms with Gasteiger partial charge in [0.25, 0.3) is 0 Å². The Morgan fingerprint density at radius 1 is 1.23 bits per heavy atom. The standard InChI is InChI=1S/C20H23N3O2S/c1-15-6-5-7-17(12-15)13-22-10-11-23(14-19(22)24)20(25)16(2)26-18-8-3-4-9-21-18/h3-9,12,16H,10-11,13-14H2,1-2H3. The lowest BCUT2D eigenvalue weighted by atomic mass is 10.1. The molecule has 0 spiro atoms. The van der Waals surface area contributed by atoms with Crippen LogP contribution in [0.25, 0.3) is 0 Å². The number of nitrogens with zero attached hydrogens (tertiary/aromatic N) is 3. The fourth-order valence-corrected chi connectivity index (χ4v) is 3.89. The van der Waals surface area contributed by atoms with Gasteiger partial charge in [-0.2, -0.15) is 0 Å². The van der Waals surface area contributed by atoms with Gasteiger partial charge in [-0.3, -0.25) is 9.59 Å². The third kappa shape index (κ3) is 4.64. The fourth-order valence-electron chi connectivity index (χ4n) is 3.00. The zero-order chi connectivity index (χ0) is 18.5. The fraction of sp³-hybridized carbons (Fsp3) is 0.350. The number of carbonyl (C=O) groups is 2. The van der Waals surface area contributed by atoms with E-state index in [0.717, 1.165) is 10.6 Å². The van der Waals surface area contributed by atoms with E-state index in [1.807, 2.05) is 55.1 Å². The number of pyridine rings is 1. The van der Waals surface area contributed by atoms with Gasteiger partial charge in [-0.1, -0.05) is 47.7 Å². The van der Waals surface area contributed by atoms with Gasteiger partial charge in [0.2, 0.25) is 11.8 Å². The van der Waals surface area contributed by atoms with Crippen LogP contribution < -0.4 is 0 Å². The van der Waals surface area contributed by atoms with E-state index in [1.165, 1.54) is 17.3 Å². The van der Waals surface area contributed by atoms with Crippen LogP contribution in [0.1, 0.15) is 18.1 Å². The van der Waals surface area contributed by atoms with Crippen molar-refractivity contribution in [2.45, 2.75) is 30.7 Å². The smallest absolute Gasteiger partial charge is 0.242 e. The van der Waals surface area contributed by atoms with E-state index >= 15 is 0 Å².